The minimum atomic E-state index is -0.510. The normalized spacial score (nSPS) is 16.5. The van der Waals surface area contributed by atoms with Gasteiger partial charge in [0, 0.05) is 34.2 Å². The highest BCUT2D eigenvalue weighted by molar-refractivity contribution is 6.31. The predicted octanol–water partition coefficient (Wildman–Crippen LogP) is 3.94. The van der Waals surface area contributed by atoms with Crippen molar-refractivity contribution in [2.45, 2.75) is 12.5 Å². The van der Waals surface area contributed by atoms with E-state index >= 15 is 0 Å². The summed E-state index contributed by atoms with van der Waals surface area (Å²) in [5.74, 6) is -0.735. The van der Waals surface area contributed by atoms with Crippen LogP contribution >= 0.6 is 11.6 Å². The Balaban J connectivity index is 1.63. The van der Waals surface area contributed by atoms with Gasteiger partial charge in [-0.1, -0.05) is 11.6 Å². The highest BCUT2D eigenvalue weighted by Gasteiger charge is 2.36. The fourth-order valence-electron chi connectivity index (χ4n) is 3.85. The Morgan fingerprint density at radius 3 is 3.04 bits per heavy atom. The van der Waals surface area contributed by atoms with Gasteiger partial charge in [0.25, 0.3) is 6.01 Å². The van der Waals surface area contributed by atoms with Crippen LogP contribution in [0.5, 0.6) is 5.75 Å². The Hall–Kier alpha value is -3.19. The van der Waals surface area contributed by atoms with Gasteiger partial charge in [0.2, 0.25) is 0 Å². The minimum Gasteiger partial charge on any atom is -0.508 e. The van der Waals surface area contributed by atoms with E-state index in [0.717, 1.165) is 22.2 Å². The van der Waals surface area contributed by atoms with E-state index in [1.807, 2.05) is 23.1 Å². The zero-order valence-electron chi connectivity index (χ0n) is 14.9. The number of nitrogens with zero attached hydrogens (tertiary/aromatic N) is 2. The van der Waals surface area contributed by atoms with Gasteiger partial charge in [-0.05, 0) is 35.9 Å². The standard InChI is InChI=1S/C20H16ClN3O4/c1-27-19(26)13-8-24(20-23-15-5-3-11(25)7-17(15)28-20)9-16-18(13)12-6-10(21)2-4-14(12)22-16/h2-7,13,22,25H,8-9H2,1H3. The number of esters is 1. The van der Waals surface area contributed by atoms with Crippen LogP contribution in [0.4, 0.5) is 6.01 Å². The summed E-state index contributed by atoms with van der Waals surface area (Å²) in [7, 11) is 1.38. The number of aromatic amines is 1. The van der Waals surface area contributed by atoms with Crippen LogP contribution in [0.25, 0.3) is 22.0 Å². The quantitative estimate of drug-likeness (QED) is 0.498. The second-order valence-corrected chi connectivity index (χ2v) is 7.25. The maximum Gasteiger partial charge on any atom is 0.315 e. The number of ether oxygens (including phenoxy) is 1. The SMILES string of the molecule is COC(=O)C1CN(c2nc3ccc(O)cc3o2)Cc2[nH]c3ccc(Cl)cc3c21. The number of anilines is 1. The molecule has 1 aliphatic rings. The first-order valence-electron chi connectivity index (χ1n) is 8.76. The molecule has 7 nitrogen and oxygen atoms in total. The Labute approximate surface area is 164 Å². The molecule has 0 aliphatic carbocycles. The lowest BCUT2D eigenvalue weighted by molar-refractivity contribution is -0.142. The van der Waals surface area contributed by atoms with Crippen molar-refractivity contribution in [2.75, 3.05) is 18.6 Å². The fourth-order valence-corrected chi connectivity index (χ4v) is 4.02. The second kappa shape index (κ2) is 6.17. The Kier molecular flexibility index (Phi) is 3.73. The highest BCUT2D eigenvalue weighted by atomic mass is 35.5. The number of fused-ring (bicyclic) bond motifs is 4. The van der Waals surface area contributed by atoms with Crippen molar-refractivity contribution in [1.82, 2.24) is 9.97 Å². The van der Waals surface area contributed by atoms with Crippen LogP contribution in [0, 0.1) is 0 Å². The highest BCUT2D eigenvalue weighted by Crippen LogP contribution is 2.38. The molecular weight excluding hydrogens is 382 g/mol. The number of carbonyl (C=O) groups excluding carboxylic acids is 1. The van der Waals surface area contributed by atoms with E-state index < -0.39 is 5.92 Å². The number of methoxy groups -OCH3 is 1. The number of carbonyl (C=O) groups is 1. The van der Waals surface area contributed by atoms with Crippen LogP contribution < -0.4 is 4.90 Å². The number of halogens is 1. The van der Waals surface area contributed by atoms with E-state index in [1.54, 1.807) is 12.1 Å². The van der Waals surface area contributed by atoms with Crippen LogP contribution in [0.3, 0.4) is 0 Å². The average Bonchev–Trinajstić information content (AvgIpc) is 3.27. The van der Waals surface area contributed by atoms with Crippen LogP contribution in [0.15, 0.2) is 40.8 Å². The molecule has 0 radical (unpaired) electrons. The molecule has 8 heteroatoms. The van der Waals surface area contributed by atoms with Gasteiger partial charge >= 0.3 is 5.97 Å². The van der Waals surface area contributed by atoms with Crippen molar-refractivity contribution < 1.29 is 19.1 Å². The lowest BCUT2D eigenvalue weighted by Gasteiger charge is -2.30. The number of aromatic nitrogens is 2. The van der Waals surface area contributed by atoms with E-state index in [4.69, 9.17) is 20.8 Å². The number of benzene rings is 2. The summed E-state index contributed by atoms with van der Waals surface area (Å²) in [5, 5.41) is 11.2. The molecule has 0 bridgehead atoms. The molecule has 4 aromatic rings. The summed E-state index contributed by atoms with van der Waals surface area (Å²) >= 11 is 6.18. The van der Waals surface area contributed by atoms with Crippen LogP contribution in [-0.4, -0.2) is 34.7 Å². The van der Waals surface area contributed by atoms with Gasteiger partial charge < -0.3 is 24.1 Å². The van der Waals surface area contributed by atoms with Gasteiger partial charge in [0.1, 0.15) is 17.2 Å². The molecule has 1 atom stereocenters. The Morgan fingerprint density at radius 1 is 1.36 bits per heavy atom. The molecule has 2 aromatic carbocycles. The van der Waals surface area contributed by atoms with Crippen molar-refractivity contribution in [1.29, 1.82) is 0 Å². The van der Waals surface area contributed by atoms with Gasteiger partial charge in [-0.15, -0.1) is 0 Å². The van der Waals surface area contributed by atoms with Crippen molar-refractivity contribution in [2.24, 2.45) is 0 Å². The van der Waals surface area contributed by atoms with Gasteiger partial charge in [0.15, 0.2) is 5.58 Å². The zero-order chi connectivity index (χ0) is 19.4. The first-order valence-corrected chi connectivity index (χ1v) is 9.13. The number of aromatic hydroxyl groups is 1. The third-order valence-corrected chi connectivity index (χ3v) is 5.33. The molecule has 0 amide bonds. The van der Waals surface area contributed by atoms with Gasteiger partial charge in [-0.2, -0.15) is 4.98 Å². The Bertz CT molecular complexity index is 1230. The molecule has 1 unspecified atom stereocenters. The number of H-pyrrole nitrogens is 1. The summed E-state index contributed by atoms with van der Waals surface area (Å²) in [6.07, 6.45) is 0. The minimum absolute atomic E-state index is 0.107. The van der Waals surface area contributed by atoms with Crippen LogP contribution in [-0.2, 0) is 16.1 Å². The summed E-state index contributed by atoms with van der Waals surface area (Å²) < 4.78 is 10.9. The number of oxazole rings is 1. The summed E-state index contributed by atoms with van der Waals surface area (Å²) in [6, 6.07) is 10.7. The first kappa shape index (κ1) is 16.9. The molecule has 5 rings (SSSR count). The van der Waals surface area contributed by atoms with Gasteiger partial charge in [0.05, 0.1) is 13.7 Å². The van der Waals surface area contributed by atoms with Gasteiger partial charge in [-0.25, -0.2) is 0 Å². The summed E-state index contributed by atoms with van der Waals surface area (Å²) in [4.78, 5) is 22.3. The van der Waals surface area contributed by atoms with Gasteiger partial charge in [-0.3, -0.25) is 4.79 Å². The smallest absolute Gasteiger partial charge is 0.315 e. The van der Waals surface area contributed by atoms with Crippen molar-refractivity contribution in [3.05, 3.63) is 52.7 Å². The van der Waals surface area contributed by atoms with E-state index in [0.29, 0.717) is 35.2 Å². The van der Waals surface area contributed by atoms with Crippen LogP contribution in [0.1, 0.15) is 17.2 Å². The fraction of sp³-hybridized carbons (Fsp3) is 0.200. The first-order chi connectivity index (χ1) is 13.5. The number of nitrogens with one attached hydrogen (secondary N) is 1. The number of rotatable bonds is 2. The third kappa shape index (κ3) is 2.58. The molecule has 0 spiro atoms. The molecule has 28 heavy (non-hydrogen) atoms. The van der Waals surface area contributed by atoms with Crippen LogP contribution in [0.2, 0.25) is 5.02 Å². The lowest BCUT2D eigenvalue weighted by Crippen LogP contribution is -2.37. The molecule has 0 saturated carbocycles. The van der Waals surface area contributed by atoms with Crippen molar-refractivity contribution in [3.8, 4) is 5.75 Å². The number of hydrogen-bond donors (Lipinski definition) is 2. The lowest BCUT2D eigenvalue weighted by atomic mass is 9.92. The largest absolute Gasteiger partial charge is 0.508 e. The topological polar surface area (TPSA) is 91.6 Å². The maximum atomic E-state index is 12.6. The number of phenols is 1. The van der Waals surface area contributed by atoms with Crippen molar-refractivity contribution >= 4 is 45.6 Å². The Morgan fingerprint density at radius 2 is 2.21 bits per heavy atom. The monoisotopic (exact) mass is 397 g/mol. The summed E-state index contributed by atoms with van der Waals surface area (Å²) in [5.41, 5.74) is 3.82. The van der Waals surface area contributed by atoms with E-state index in [-0.39, 0.29) is 11.7 Å². The third-order valence-electron chi connectivity index (χ3n) is 5.10. The van der Waals surface area contributed by atoms with Crippen molar-refractivity contribution in [3.63, 3.8) is 0 Å². The van der Waals surface area contributed by atoms with E-state index in [9.17, 15) is 9.90 Å². The molecule has 3 heterocycles. The molecule has 142 valence electrons. The molecule has 2 N–H and O–H groups in total. The molecule has 0 saturated heterocycles. The van der Waals surface area contributed by atoms with E-state index in [1.165, 1.54) is 13.2 Å². The second-order valence-electron chi connectivity index (χ2n) is 6.81. The molecule has 2 aromatic heterocycles. The average molecular weight is 398 g/mol. The van der Waals surface area contributed by atoms with E-state index in [2.05, 4.69) is 9.97 Å². The number of phenolic OH excluding ortho intramolecular Hbond substituents is 1. The zero-order valence-corrected chi connectivity index (χ0v) is 15.7. The number of hydrogen-bond acceptors (Lipinski definition) is 6. The molecular formula is C20H16ClN3O4. The molecule has 0 fully saturated rings. The predicted molar refractivity (Wildman–Crippen MR) is 105 cm³/mol. The summed E-state index contributed by atoms with van der Waals surface area (Å²) in [6.45, 7) is 0.853. The maximum absolute atomic E-state index is 12.6. The molecule has 1 aliphatic heterocycles.